The Balaban J connectivity index is 1.47. The van der Waals surface area contributed by atoms with Gasteiger partial charge in [0.2, 0.25) is 5.95 Å². The van der Waals surface area contributed by atoms with Crippen LogP contribution < -0.4 is 5.32 Å². The molecule has 0 spiro atoms. The number of nitrogens with zero attached hydrogens (tertiary/aromatic N) is 4. The molecule has 1 aliphatic carbocycles. The molecule has 1 aromatic heterocycles. The SMILES string of the molecule is Cc1cc(C2CCC2)nc(NCC[C@H](C)N2CCN(C)CC2)n1. The molecule has 1 N–H and O–H groups in total. The van der Waals surface area contributed by atoms with E-state index in [4.69, 9.17) is 4.98 Å². The van der Waals surface area contributed by atoms with Crippen LogP contribution in [0.4, 0.5) is 5.95 Å². The molecule has 1 saturated heterocycles. The van der Waals surface area contributed by atoms with Gasteiger partial charge in [0.1, 0.15) is 0 Å². The summed E-state index contributed by atoms with van der Waals surface area (Å²) in [5.41, 5.74) is 2.31. The maximum absolute atomic E-state index is 4.73. The van der Waals surface area contributed by atoms with E-state index >= 15 is 0 Å². The Kier molecular flexibility index (Phi) is 5.49. The van der Waals surface area contributed by atoms with Gasteiger partial charge in [-0.05, 0) is 46.2 Å². The topological polar surface area (TPSA) is 44.3 Å². The fourth-order valence-corrected chi connectivity index (χ4v) is 3.42. The number of aromatic nitrogens is 2. The highest BCUT2D eigenvalue weighted by Gasteiger charge is 2.22. The highest BCUT2D eigenvalue weighted by atomic mass is 15.3. The van der Waals surface area contributed by atoms with E-state index in [9.17, 15) is 0 Å². The van der Waals surface area contributed by atoms with Crippen molar-refractivity contribution in [3.8, 4) is 0 Å². The Morgan fingerprint density at radius 3 is 2.61 bits per heavy atom. The second kappa shape index (κ2) is 7.58. The molecule has 0 radical (unpaired) electrons. The van der Waals surface area contributed by atoms with Gasteiger partial charge in [-0.15, -0.1) is 0 Å². The number of rotatable bonds is 6. The number of hydrogen-bond acceptors (Lipinski definition) is 5. The van der Waals surface area contributed by atoms with Crippen molar-refractivity contribution in [1.29, 1.82) is 0 Å². The molecule has 23 heavy (non-hydrogen) atoms. The first kappa shape index (κ1) is 16.7. The lowest BCUT2D eigenvalue weighted by Gasteiger charge is -2.36. The van der Waals surface area contributed by atoms with E-state index in [1.165, 1.54) is 51.1 Å². The monoisotopic (exact) mass is 317 g/mol. The smallest absolute Gasteiger partial charge is 0.223 e. The average Bonchev–Trinajstić information content (AvgIpc) is 2.45. The second-order valence-electron chi connectivity index (χ2n) is 7.29. The average molecular weight is 317 g/mol. The molecule has 1 atom stereocenters. The molecular weight excluding hydrogens is 286 g/mol. The Labute approximate surface area is 140 Å². The summed E-state index contributed by atoms with van der Waals surface area (Å²) in [5, 5.41) is 3.45. The lowest BCUT2D eigenvalue weighted by Crippen LogP contribution is -2.48. The van der Waals surface area contributed by atoms with Crippen LogP contribution in [0.1, 0.15) is 49.9 Å². The largest absolute Gasteiger partial charge is 0.354 e. The molecule has 2 fully saturated rings. The molecule has 0 amide bonds. The predicted molar refractivity (Wildman–Crippen MR) is 95.0 cm³/mol. The van der Waals surface area contributed by atoms with Gasteiger partial charge in [-0.2, -0.15) is 0 Å². The number of aryl methyl sites for hydroxylation is 1. The molecule has 1 aliphatic heterocycles. The normalized spacial score (nSPS) is 21.9. The van der Waals surface area contributed by atoms with Gasteiger partial charge in [-0.25, -0.2) is 9.97 Å². The Bertz CT molecular complexity index is 506. The van der Waals surface area contributed by atoms with Gasteiger partial charge in [0.05, 0.1) is 0 Å². The molecule has 0 unspecified atom stereocenters. The molecule has 0 aromatic carbocycles. The second-order valence-corrected chi connectivity index (χ2v) is 7.29. The minimum Gasteiger partial charge on any atom is -0.354 e. The van der Waals surface area contributed by atoms with Gasteiger partial charge < -0.3 is 10.2 Å². The first-order valence-corrected chi connectivity index (χ1v) is 9.14. The highest BCUT2D eigenvalue weighted by Crippen LogP contribution is 2.35. The zero-order valence-corrected chi connectivity index (χ0v) is 14.9. The standard InChI is InChI=1S/C18H31N5/c1-14-13-17(16-5-4-6-16)21-18(20-14)19-8-7-15(2)23-11-9-22(3)10-12-23/h13,15-16H,4-12H2,1-3H3,(H,19,20,21)/t15-/m0/s1. The predicted octanol–water partition coefficient (Wildman–Crippen LogP) is 2.49. The molecule has 3 rings (SSSR count). The van der Waals surface area contributed by atoms with Crippen LogP contribution in [-0.4, -0.2) is 65.6 Å². The lowest BCUT2D eigenvalue weighted by atomic mass is 9.83. The third-order valence-corrected chi connectivity index (χ3v) is 5.40. The molecule has 1 aromatic rings. The Morgan fingerprint density at radius 2 is 1.96 bits per heavy atom. The highest BCUT2D eigenvalue weighted by molar-refractivity contribution is 5.29. The van der Waals surface area contributed by atoms with Crippen LogP contribution in [0.2, 0.25) is 0 Å². The van der Waals surface area contributed by atoms with Crippen LogP contribution in [0.3, 0.4) is 0 Å². The maximum Gasteiger partial charge on any atom is 0.223 e. The van der Waals surface area contributed by atoms with Crippen LogP contribution in [0.25, 0.3) is 0 Å². The Hall–Kier alpha value is -1.20. The first-order valence-electron chi connectivity index (χ1n) is 9.14. The van der Waals surface area contributed by atoms with Crippen molar-refractivity contribution in [3.05, 3.63) is 17.5 Å². The van der Waals surface area contributed by atoms with Crippen LogP contribution in [0, 0.1) is 6.92 Å². The van der Waals surface area contributed by atoms with E-state index in [1.54, 1.807) is 0 Å². The fraction of sp³-hybridized carbons (Fsp3) is 0.778. The van der Waals surface area contributed by atoms with Crippen LogP contribution >= 0.6 is 0 Å². The number of nitrogens with one attached hydrogen (secondary N) is 1. The van der Waals surface area contributed by atoms with Gasteiger partial charge in [0, 0.05) is 56.1 Å². The number of likely N-dealkylation sites (N-methyl/N-ethyl adjacent to an activating group) is 1. The van der Waals surface area contributed by atoms with E-state index in [2.05, 4.69) is 47.1 Å². The molecule has 128 valence electrons. The van der Waals surface area contributed by atoms with Crippen molar-refractivity contribution in [2.45, 2.75) is 51.5 Å². The lowest BCUT2D eigenvalue weighted by molar-refractivity contribution is 0.116. The molecule has 5 heteroatoms. The molecule has 1 saturated carbocycles. The van der Waals surface area contributed by atoms with E-state index in [0.29, 0.717) is 12.0 Å². The summed E-state index contributed by atoms with van der Waals surface area (Å²) in [6.07, 6.45) is 5.06. The van der Waals surface area contributed by atoms with Crippen LogP contribution in [0.15, 0.2) is 6.07 Å². The van der Waals surface area contributed by atoms with Gasteiger partial charge in [0.25, 0.3) is 0 Å². The van der Waals surface area contributed by atoms with Crippen molar-refractivity contribution in [3.63, 3.8) is 0 Å². The van der Waals surface area contributed by atoms with Crippen LogP contribution in [0.5, 0.6) is 0 Å². The van der Waals surface area contributed by atoms with Crippen molar-refractivity contribution < 1.29 is 0 Å². The summed E-state index contributed by atoms with van der Waals surface area (Å²) in [6.45, 7) is 10.1. The summed E-state index contributed by atoms with van der Waals surface area (Å²) < 4.78 is 0. The number of piperazine rings is 1. The quantitative estimate of drug-likeness (QED) is 0.873. The van der Waals surface area contributed by atoms with Crippen LogP contribution in [-0.2, 0) is 0 Å². The van der Waals surface area contributed by atoms with Crippen molar-refractivity contribution in [2.24, 2.45) is 0 Å². The summed E-state index contributed by atoms with van der Waals surface area (Å²) >= 11 is 0. The van der Waals surface area contributed by atoms with Gasteiger partial charge in [-0.3, -0.25) is 4.90 Å². The molecular formula is C18H31N5. The third kappa shape index (κ3) is 4.42. The molecule has 2 aliphatic rings. The number of hydrogen-bond donors (Lipinski definition) is 1. The molecule has 0 bridgehead atoms. The fourth-order valence-electron chi connectivity index (χ4n) is 3.42. The zero-order valence-electron chi connectivity index (χ0n) is 14.9. The van der Waals surface area contributed by atoms with E-state index in [1.807, 2.05) is 0 Å². The molecule has 5 nitrogen and oxygen atoms in total. The van der Waals surface area contributed by atoms with Gasteiger partial charge >= 0.3 is 0 Å². The first-order chi connectivity index (χ1) is 11.1. The Morgan fingerprint density at radius 1 is 1.22 bits per heavy atom. The van der Waals surface area contributed by atoms with Gasteiger partial charge in [-0.1, -0.05) is 6.42 Å². The third-order valence-electron chi connectivity index (χ3n) is 5.40. The minimum atomic E-state index is 0.618. The summed E-state index contributed by atoms with van der Waals surface area (Å²) in [7, 11) is 2.21. The van der Waals surface area contributed by atoms with E-state index in [-0.39, 0.29) is 0 Å². The summed E-state index contributed by atoms with van der Waals surface area (Å²) in [5.74, 6) is 1.49. The zero-order chi connectivity index (χ0) is 16.2. The van der Waals surface area contributed by atoms with Crippen molar-refractivity contribution >= 4 is 5.95 Å². The van der Waals surface area contributed by atoms with Crippen molar-refractivity contribution in [2.75, 3.05) is 45.1 Å². The maximum atomic E-state index is 4.73. The number of anilines is 1. The van der Waals surface area contributed by atoms with E-state index < -0.39 is 0 Å². The summed E-state index contributed by atoms with van der Waals surface area (Å²) in [4.78, 5) is 14.3. The minimum absolute atomic E-state index is 0.618. The van der Waals surface area contributed by atoms with Crippen molar-refractivity contribution in [1.82, 2.24) is 19.8 Å². The summed E-state index contributed by atoms with van der Waals surface area (Å²) in [6, 6.07) is 2.77. The van der Waals surface area contributed by atoms with Gasteiger partial charge in [0.15, 0.2) is 0 Å². The molecule has 2 heterocycles. The van der Waals surface area contributed by atoms with E-state index in [0.717, 1.165) is 24.6 Å².